The van der Waals surface area contributed by atoms with E-state index in [9.17, 15) is 10.1 Å². The normalized spacial score (nSPS) is 12.2. The van der Waals surface area contributed by atoms with Crippen LogP contribution in [-0.4, -0.2) is 4.92 Å². The van der Waals surface area contributed by atoms with Crippen LogP contribution in [-0.2, 0) is 6.42 Å². The molecular formula is C14H10Cl3NO2. The smallest absolute Gasteiger partial charge is 0.258 e. The minimum Gasteiger partial charge on any atom is -0.258 e. The molecule has 1 unspecified atom stereocenters. The summed E-state index contributed by atoms with van der Waals surface area (Å²) in [6.07, 6.45) is 0.320. The van der Waals surface area contributed by atoms with Crippen molar-refractivity contribution in [3.8, 4) is 0 Å². The van der Waals surface area contributed by atoms with Crippen molar-refractivity contribution in [2.24, 2.45) is 0 Å². The Morgan fingerprint density at radius 3 is 2.50 bits per heavy atom. The molecule has 0 aliphatic heterocycles. The van der Waals surface area contributed by atoms with Crippen LogP contribution in [0.4, 0.5) is 5.69 Å². The summed E-state index contributed by atoms with van der Waals surface area (Å²) in [5, 5.41) is 11.5. The SMILES string of the molecule is O=[N+]([O-])c1ccccc1CC(Cl)c1ccc(Cl)cc1Cl. The first kappa shape index (κ1) is 15.1. The molecule has 0 saturated carbocycles. The van der Waals surface area contributed by atoms with E-state index in [1.165, 1.54) is 6.07 Å². The summed E-state index contributed by atoms with van der Waals surface area (Å²) in [5.74, 6) is 0. The fraction of sp³-hybridized carbons (Fsp3) is 0.143. The van der Waals surface area contributed by atoms with Crippen molar-refractivity contribution < 1.29 is 4.92 Å². The number of nitro groups is 1. The minimum atomic E-state index is -0.458. The summed E-state index contributed by atoms with van der Waals surface area (Å²) in [5.41, 5.74) is 1.34. The third-order valence-corrected chi connectivity index (χ3v) is 3.84. The molecule has 0 saturated heterocycles. The van der Waals surface area contributed by atoms with Crippen LogP contribution in [0, 0.1) is 10.1 Å². The Hall–Kier alpha value is -1.29. The van der Waals surface area contributed by atoms with Gasteiger partial charge in [0, 0.05) is 21.7 Å². The number of nitro benzene ring substituents is 1. The quantitative estimate of drug-likeness (QED) is 0.426. The summed E-state index contributed by atoms with van der Waals surface area (Å²) >= 11 is 18.2. The Morgan fingerprint density at radius 2 is 1.85 bits per heavy atom. The number of para-hydroxylation sites is 1. The Morgan fingerprint density at radius 1 is 1.15 bits per heavy atom. The molecule has 0 amide bonds. The van der Waals surface area contributed by atoms with Crippen molar-refractivity contribution in [3.05, 3.63) is 73.8 Å². The minimum absolute atomic E-state index is 0.0586. The number of benzene rings is 2. The molecule has 20 heavy (non-hydrogen) atoms. The van der Waals surface area contributed by atoms with Crippen LogP contribution in [0.2, 0.25) is 10.0 Å². The average Bonchev–Trinajstić information content (AvgIpc) is 2.38. The number of alkyl halides is 1. The first-order valence-corrected chi connectivity index (χ1v) is 6.99. The molecule has 104 valence electrons. The monoisotopic (exact) mass is 329 g/mol. The largest absolute Gasteiger partial charge is 0.272 e. The first-order chi connectivity index (χ1) is 9.49. The molecule has 1 atom stereocenters. The second-order valence-electron chi connectivity index (χ2n) is 4.22. The summed E-state index contributed by atoms with van der Waals surface area (Å²) in [6, 6.07) is 11.6. The zero-order valence-electron chi connectivity index (χ0n) is 10.2. The molecule has 0 heterocycles. The molecule has 0 bridgehead atoms. The molecule has 0 spiro atoms. The van der Waals surface area contributed by atoms with Gasteiger partial charge in [0.15, 0.2) is 0 Å². The molecule has 0 aliphatic rings. The molecule has 0 aliphatic carbocycles. The highest BCUT2D eigenvalue weighted by Crippen LogP contribution is 2.34. The fourth-order valence-electron chi connectivity index (χ4n) is 1.92. The van der Waals surface area contributed by atoms with Crippen LogP contribution >= 0.6 is 34.8 Å². The number of rotatable bonds is 4. The lowest BCUT2D eigenvalue weighted by atomic mass is 10.0. The Labute approximate surface area is 131 Å². The molecule has 3 nitrogen and oxygen atoms in total. The predicted molar refractivity (Wildman–Crippen MR) is 81.9 cm³/mol. The van der Waals surface area contributed by atoms with Gasteiger partial charge in [-0.3, -0.25) is 10.1 Å². The average molecular weight is 331 g/mol. The van der Waals surface area contributed by atoms with E-state index in [2.05, 4.69) is 0 Å². The van der Waals surface area contributed by atoms with Gasteiger partial charge in [-0.25, -0.2) is 0 Å². The summed E-state index contributed by atoms with van der Waals surface area (Å²) in [4.78, 5) is 10.6. The van der Waals surface area contributed by atoms with Gasteiger partial charge in [-0.15, -0.1) is 11.6 Å². The topological polar surface area (TPSA) is 43.1 Å². The lowest BCUT2D eigenvalue weighted by Gasteiger charge is -2.12. The fourth-order valence-corrected chi connectivity index (χ4v) is 2.87. The van der Waals surface area contributed by atoms with Crippen molar-refractivity contribution in [1.29, 1.82) is 0 Å². The van der Waals surface area contributed by atoms with E-state index in [0.717, 1.165) is 0 Å². The molecular weight excluding hydrogens is 321 g/mol. The van der Waals surface area contributed by atoms with Gasteiger partial charge in [0.05, 0.1) is 10.3 Å². The molecule has 2 rings (SSSR count). The molecule has 2 aromatic rings. The summed E-state index contributed by atoms with van der Waals surface area (Å²) < 4.78 is 0. The molecule has 0 fully saturated rings. The van der Waals surface area contributed by atoms with E-state index in [1.807, 2.05) is 0 Å². The maximum absolute atomic E-state index is 11.0. The zero-order valence-corrected chi connectivity index (χ0v) is 12.5. The number of hydrogen-bond acceptors (Lipinski definition) is 2. The lowest BCUT2D eigenvalue weighted by molar-refractivity contribution is -0.385. The highest BCUT2D eigenvalue weighted by molar-refractivity contribution is 6.35. The first-order valence-electron chi connectivity index (χ1n) is 5.80. The van der Waals surface area contributed by atoms with Gasteiger partial charge in [0.25, 0.3) is 5.69 Å². The third kappa shape index (κ3) is 3.42. The van der Waals surface area contributed by atoms with Crippen LogP contribution in [0.3, 0.4) is 0 Å². The Bertz CT molecular complexity index is 646. The highest BCUT2D eigenvalue weighted by atomic mass is 35.5. The van der Waals surface area contributed by atoms with E-state index in [0.29, 0.717) is 27.6 Å². The molecule has 0 N–H and O–H groups in total. The van der Waals surface area contributed by atoms with Crippen molar-refractivity contribution in [2.45, 2.75) is 11.8 Å². The molecule has 2 aromatic carbocycles. The van der Waals surface area contributed by atoms with Crippen molar-refractivity contribution in [1.82, 2.24) is 0 Å². The number of halogens is 3. The second kappa shape index (κ2) is 6.44. The van der Waals surface area contributed by atoms with E-state index in [-0.39, 0.29) is 5.69 Å². The van der Waals surface area contributed by atoms with Crippen LogP contribution in [0.1, 0.15) is 16.5 Å². The van der Waals surface area contributed by atoms with E-state index in [1.54, 1.807) is 36.4 Å². The van der Waals surface area contributed by atoms with Gasteiger partial charge in [-0.1, -0.05) is 47.5 Å². The Kier molecular flexibility index (Phi) is 4.86. The maximum Gasteiger partial charge on any atom is 0.272 e. The van der Waals surface area contributed by atoms with Gasteiger partial charge in [0.1, 0.15) is 0 Å². The maximum atomic E-state index is 11.0. The van der Waals surface area contributed by atoms with E-state index < -0.39 is 10.3 Å². The highest BCUT2D eigenvalue weighted by Gasteiger charge is 2.19. The van der Waals surface area contributed by atoms with Crippen LogP contribution in [0.15, 0.2) is 42.5 Å². The van der Waals surface area contributed by atoms with Crippen molar-refractivity contribution in [2.75, 3.05) is 0 Å². The van der Waals surface area contributed by atoms with Gasteiger partial charge in [0.2, 0.25) is 0 Å². The predicted octanol–water partition coefficient (Wildman–Crippen LogP) is 5.42. The third-order valence-electron chi connectivity index (χ3n) is 2.89. The molecule has 0 aromatic heterocycles. The summed E-state index contributed by atoms with van der Waals surface area (Å²) in [7, 11) is 0. The van der Waals surface area contributed by atoms with Gasteiger partial charge < -0.3 is 0 Å². The van der Waals surface area contributed by atoms with E-state index in [4.69, 9.17) is 34.8 Å². The second-order valence-corrected chi connectivity index (χ2v) is 5.59. The number of nitrogens with zero attached hydrogens (tertiary/aromatic N) is 1. The zero-order chi connectivity index (χ0) is 14.7. The van der Waals surface area contributed by atoms with Crippen molar-refractivity contribution in [3.63, 3.8) is 0 Å². The molecule has 6 heteroatoms. The van der Waals surface area contributed by atoms with Gasteiger partial charge in [-0.2, -0.15) is 0 Å². The number of hydrogen-bond donors (Lipinski definition) is 0. The van der Waals surface area contributed by atoms with Gasteiger partial charge in [-0.05, 0) is 24.1 Å². The van der Waals surface area contributed by atoms with Crippen LogP contribution in [0.25, 0.3) is 0 Å². The lowest BCUT2D eigenvalue weighted by Crippen LogP contribution is -2.01. The molecule has 0 radical (unpaired) electrons. The van der Waals surface area contributed by atoms with Crippen molar-refractivity contribution >= 4 is 40.5 Å². The van der Waals surface area contributed by atoms with Gasteiger partial charge >= 0.3 is 0 Å². The van der Waals surface area contributed by atoms with Crippen LogP contribution < -0.4 is 0 Å². The van der Waals surface area contributed by atoms with E-state index >= 15 is 0 Å². The Balaban J connectivity index is 2.28. The van der Waals surface area contributed by atoms with Crippen LogP contribution in [0.5, 0.6) is 0 Å². The standard InChI is InChI=1S/C14H10Cl3NO2/c15-10-5-6-11(13(17)8-10)12(16)7-9-3-1-2-4-14(9)18(19)20/h1-6,8,12H,7H2. The summed E-state index contributed by atoms with van der Waals surface area (Å²) in [6.45, 7) is 0.